The Morgan fingerprint density at radius 1 is 1.60 bits per heavy atom. The highest BCUT2D eigenvalue weighted by Crippen LogP contribution is 2.08. The lowest BCUT2D eigenvalue weighted by Gasteiger charge is -2.21. The zero-order valence-corrected chi connectivity index (χ0v) is 10.2. The molecule has 1 aliphatic heterocycles. The van der Waals surface area contributed by atoms with Crippen molar-refractivity contribution in [2.24, 2.45) is 0 Å². The van der Waals surface area contributed by atoms with E-state index in [9.17, 15) is 9.00 Å². The summed E-state index contributed by atoms with van der Waals surface area (Å²) < 4.78 is 11.1. The average molecular weight is 230 g/mol. The van der Waals surface area contributed by atoms with Crippen LogP contribution >= 0.6 is 0 Å². The highest BCUT2D eigenvalue weighted by Gasteiger charge is 2.16. The lowest BCUT2D eigenvalue weighted by Crippen LogP contribution is -2.39. The van der Waals surface area contributed by atoms with Crippen LogP contribution in [0.25, 0.3) is 0 Å². The van der Waals surface area contributed by atoms with Crippen molar-refractivity contribution in [3.63, 3.8) is 0 Å². The van der Waals surface area contributed by atoms with Crippen molar-refractivity contribution in [3.05, 3.63) is 11.1 Å². The summed E-state index contributed by atoms with van der Waals surface area (Å²) in [7, 11) is -0.882. The third-order valence-electron chi connectivity index (χ3n) is 2.66. The summed E-state index contributed by atoms with van der Waals surface area (Å²) in [5.74, 6) is -0.0381. The van der Waals surface area contributed by atoms with Gasteiger partial charge in [-0.2, -0.15) is 0 Å². The fourth-order valence-corrected chi connectivity index (χ4v) is 1.48. The summed E-state index contributed by atoms with van der Waals surface area (Å²) in [6.07, 6.45) is 1.65. The van der Waals surface area contributed by atoms with Crippen LogP contribution in [0, 0.1) is 0 Å². The number of amides is 1. The van der Waals surface area contributed by atoms with Crippen LogP contribution in [0.3, 0.4) is 0 Å². The molecule has 5 heteroatoms. The second-order valence-corrected chi connectivity index (χ2v) is 5.65. The minimum Gasteiger partial charge on any atom is -0.351 e. The molecule has 1 aliphatic rings. The minimum atomic E-state index is -0.882. The van der Waals surface area contributed by atoms with Crippen molar-refractivity contribution in [1.82, 2.24) is 10.6 Å². The first-order chi connectivity index (χ1) is 7.02. The molecule has 2 unspecified atom stereocenters. The molecule has 0 radical (unpaired) electrons. The molecule has 0 aromatic heterocycles. The maximum atomic E-state index is 11.6. The van der Waals surface area contributed by atoms with Gasteiger partial charge in [-0.25, -0.2) is 0 Å². The van der Waals surface area contributed by atoms with Crippen molar-refractivity contribution in [2.45, 2.75) is 19.1 Å². The van der Waals surface area contributed by atoms with E-state index in [-0.39, 0.29) is 11.2 Å². The van der Waals surface area contributed by atoms with Crippen LogP contribution in [-0.2, 0) is 15.6 Å². The third-order valence-corrected chi connectivity index (χ3v) is 3.96. The van der Waals surface area contributed by atoms with Crippen molar-refractivity contribution in [1.29, 1.82) is 0 Å². The molecule has 0 saturated carbocycles. The molecule has 0 aliphatic carbocycles. The summed E-state index contributed by atoms with van der Waals surface area (Å²) in [6.45, 7) is 5.80. The maximum absolute atomic E-state index is 11.6. The van der Waals surface area contributed by atoms with Crippen LogP contribution in [0.5, 0.6) is 0 Å². The molecule has 1 saturated heterocycles. The van der Waals surface area contributed by atoms with Gasteiger partial charge in [0.2, 0.25) is 5.91 Å². The van der Waals surface area contributed by atoms with E-state index in [4.69, 9.17) is 0 Å². The zero-order valence-electron chi connectivity index (χ0n) is 9.42. The Balaban J connectivity index is 2.39. The number of nitrogens with one attached hydrogen (secondary N) is 2. The number of hydrogen-bond acceptors (Lipinski definition) is 3. The number of carbonyl (C=O) groups is 1. The SMILES string of the molecule is CC(C(=O)NCC(C)S(C)=O)=C1CNC1. The van der Waals surface area contributed by atoms with Crippen LogP contribution in [0.15, 0.2) is 11.1 Å². The molecular weight excluding hydrogens is 212 g/mol. The van der Waals surface area contributed by atoms with E-state index in [0.29, 0.717) is 6.54 Å². The quantitative estimate of drug-likeness (QED) is 0.657. The number of hydrogen-bond donors (Lipinski definition) is 2. The monoisotopic (exact) mass is 230 g/mol. The van der Waals surface area contributed by atoms with Crippen LogP contribution in [-0.4, -0.2) is 41.3 Å². The summed E-state index contributed by atoms with van der Waals surface area (Å²) in [6, 6.07) is 0. The van der Waals surface area contributed by atoms with Crippen LogP contribution in [0.4, 0.5) is 0 Å². The van der Waals surface area contributed by atoms with Crippen LogP contribution < -0.4 is 10.6 Å². The van der Waals surface area contributed by atoms with Gasteiger partial charge in [-0.05, 0) is 19.4 Å². The minimum absolute atomic E-state index is 0.00580. The van der Waals surface area contributed by atoms with Crippen molar-refractivity contribution in [2.75, 3.05) is 25.9 Å². The molecule has 0 spiro atoms. The van der Waals surface area contributed by atoms with E-state index in [2.05, 4.69) is 10.6 Å². The Morgan fingerprint density at radius 2 is 2.20 bits per heavy atom. The summed E-state index contributed by atoms with van der Waals surface area (Å²) in [5.41, 5.74) is 1.96. The van der Waals surface area contributed by atoms with Crippen molar-refractivity contribution in [3.8, 4) is 0 Å². The van der Waals surface area contributed by atoms with Gasteiger partial charge in [0.05, 0.1) is 0 Å². The lowest BCUT2D eigenvalue weighted by molar-refractivity contribution is -0.117. The normalized spacial score (nSPS) is 19.0. The maximum Gasteiger partial charge on any atom is 0.247 e. The highest BCUT2D eigenvalue weighted by molar-refractivity contribution is 7.84. The molecule has 1 amide bonds. The Morgan fingerprint density at radius 3 is 2.60 bits per heavy atom. The largest absolute Gasteiger partial charge is 0.351 e. The second-order valence-electron chi connectivity index (χ2n) is 3.85. The summed E-state index contributed by atoms with van der Waals surface area (Å²) in [5, 5.41) is 5.89. The Hall–Kier alpha value is -0.680. The first-order valence-electron chi connectivity index (χ1n) is 5.02. The van der Waals surface area contributed by atoms with Gasteiger partial charge in [0.1, 0.15) is 0 Å². The number of carbonyl (C=O) groups excluding carboxylic acids is 1. The second kappa shape index (κ2) is 5.42. The molecule has 2 N–H and O–H groups in total. The molecule has 0 bridgehead atoms. The van der Waals surface area contributed by atoms with E-state index in [1.807, 2.05) is 13.8 Å². The molecule has 0 aromatic carbocycles. The summed E-state index contributed by atoms with van der Waals surface area (Å²) in [4.78, 5) is 11.6. The van der Waals surface area contributed by atoms with Crippen molar-refractivity contribution >= 4 is 16.7 Å². The van der Waals surface area contributed by atoms with E-state index >= 15 is 0 Å². The fraction of sp³-hybridized carbons (Fsp3) is 0.700. The van der Waals surface area contributed by atoms with Crippen LogP contribution in [0.2, 0.25) is 0 Å². The van der Waals surface area contributed by atoms with E-state index in [1.165, 1.54) is 0 Å². The number of rotatable bonds is 4. The van der Waals surface area contributed by atoms with Gasteiger partial charge in [0.15, 0.2) is 0 Å². The highest BCUT2D eigenvalue weighted by atomic mass is 32.2. The smallest absolute Gasteiger partial charge is 0.247 e. The first-order valence-corrected chi connectivity index (χ1v) is 6.64. The summed E-state index contributed by atoms with van der Waals surface area (Å²) >= 11 is 0. The third kappa shape index (κ3) is 3.43. The molecule has 0 aromatic rings. The van der Waals surface area contributed by atoms with Gasteiger partial charge in [0.25, 0.3) is 0 Å². The Labute approximate surface area is 93.0 Å². The predicted octanol–water partition coefficient (Wildman–Crippen LogP) is -0.211. The molecule has 4 nitrogen and oxygen atoms in total. The average Bonchev–Trinajstić information content (AvgIpc) is 2.10. The van der Waals surface area contributed by atoms with Crippen LogP contribution in [0.1, 0.15) is 13.8 Å². The molecular formula is C10H18N2O2S. The van der Waals surface area contributed by atoms with Gasteiger partial charge in [-0.15, -0.1) is 0 Å². The molecule has 1 fully saturated rings. The molecule has 15 heavy (non-hydrogen) atoms. The van der Waals surface area contributed by atoms with Gasteiger partial charge in [-0.1, -0.05) is 0 Å². The molecule has 2 atom stereocenters. The standard InChI is InChI=1S/C10H18N2O2S/c1-7(15(3)14)4-12-10(13)8(2)9-5-11-6-9/h7,11H,4-6H2,1-3H3,(H,12,13). The van der Waals surface area contributed by atoms with Gasteiger partial charge in [0, 0.05) is 47.5 Å². The topological polar surface area (TPSA) is 58.2 Å². The fourth-order valence-electron chi connectivity index (χ4n) is 1.16. The zero-order chi connectivity index (χ0) is 11.4. The van der Waals surface area contributed by atoms with E-state index in [0.717, 1.165) is 24.2 Å². The van der Waals surface area contributed by atoms with E-state index in [1.54, 1.807) is 6.26 Å². The molecule has 1 heterocycles. The lowest BCUT2D eigenvalue weighted by atomic mass is 10.0. The molecule has 86 valence electrons. The van der Waals surface area contributed by atoms with Gasteiger partial charge in [-0.3, -0.25) is 9.00 Å². The predicted molar refractivity (Wildman–Crippen MR) is 62.1 cm³/mol. The van der Waals surface area contributed by atoms with Gasteiger partial charge < -0.3 is 10.6 Å². The first kappa shape index (κ1) is 12.4. The Bertz CT molecular complexity index is 307. The van der Waals surface area contributed by atoms with Crippen molar-refractivity contribution < 1.29 is 9.00 Å². The van der Waals surface area contributed by atoms with Gasteiger partial charge >= 0.3 is 0 Å². The van der Waals surface area contributed by atoms with E-state index < -0.39 is 10.8 Å². The Kier molecular flexibility index (Phi) is 4.47. The molecule has 1 rings (SSSR count).